The van der Waals surface area contributed by atoms with Gasteiger partial charge in [0.05, 0.1) is 18.1 Å². The normalized spacial score (nSPS) is 39.4. The van der Waals surface area contributed by atoms with Gasteiger partial charge in [0.25, 0.3) is 0 Å². The maximum Gasteiger partial charge on any atom is 0.306 e. The fourth-order valence-corrected chi connectivity index (χ4v) is 5.43. The Morgan fingerprint density at radius 2 is 2.10 bits per heavy atom. The Hall–Kier alpha value is -1.40. The highest BCUT2D eigenvalue weighted by Gasteiger charge is 2.53. The van der Waals surface area contributed by atoms with E-state index in [9.17, 15) is 15.0 Å². The van der Waals surface area contributed by atoms with Gasteiger partial charge in [-0.05, 0) is 43.6 Å². The van der Waals surface area contributed by atoms with Gasteiger partial charge < -0.3 is 20.1 Å². The highest BCUT2D eigenvalue weighted by molar-refractivity contribution is 5.70. The van der Waals surface area contributed by atoms with Crippen molar-refractivity contribution in [3.8, 4) is 0 Å². The summed E-state index contributed by atoms with van der Waals surface area (Å²) in [4.78, 5) is 11.2. The molecule has 0 spiro atoms. The van der Waals surface area contributed by atoms with Crippen LogP contribution in [0.3, 0.4) is 0 Å². The van der Waals surface area contributed by atoms with Gasteiger partial charge in [-0.15, -0.1) is 0 Å². The number of unbranched alkanes of at least 4 members (excludes halogenated alkanes) is 1. The number of aliphatic hydroxyl groups is 2. The molecule has 3 fully saturated rings. The Bertz CT molecular complexity index is 648. The molecule has 2 saturated carbocycles. The number of ether oxygens (including phenoxy) is 1. The van der Waals surface area contributed by atoms with E-state index in [2.05, 4.69) is 13.8 Å². The van der Waals surface area contributed by atoms with Gasteiger partial charge in [0, 0.05) is 18.3 Å². The Morgan fingerprint density at radius 3 is 2.77 bits per heavy atom. The number of alkyl halides is 1. The smallest absolute Gasteiger partial charge is 0.306 e. The minimum atomic E-state index is -1.30. The van der Waals surface area contributed by atoms with Gasteiger partial charge in [0.1, 0.15) is 11.9 Å². The van der Waals surface area contributed by atoms with E-state index in [0.717, 1.165) is 25.7 Å². The molecule has 9 atom stereocenters. The lowest BCUT2D eigenvalue weighted by Crippen LogP contribution is -2.25. The number of rotatable bonds is 9. The topological polar surface area (TPSA) is 87.0 Å². The van der Waals surface area contributed by atoms with Crippen molar-refractivity contribution in [1.29, 1.82) is 0 Å². The first-order valence-corrected chi connectivity index (χ1v) is 11.6. The van der Waals surface area contributed by atoms with E-state index in [1.807, 2.05) is 0 Å². The molecule has 3 rings (SSSR count). The van der Waals surface area contributed by atoms with Crippen LogP contribution in [0.15, 0.2) is 24.0 Å². The van der Waals surface area contributed by atoms with Crippen LogP contribution in [0, 0.1) is 29.6 Å². The van der Waals surface area contributed by atoms with Gasteiger partial charge in [-0.2, -0.15) is 0 Å². The summed E-state index contributed by atoms with van der Waals surface area (Å²) in [6, 6.07) is 0. The molecule has 0 bridgehead atoms. The molecule has 1 aliphatic heterocycles. The van der Waals surface area contributed by atoms with Crippen LogP contribution in [0.5, 0.6) is 0 Å². The van der Waals surface area contributed by atoms with Crippen LogP contribution < -0.4 is 0 Å². The number of hydrogen-bond acceptors (Lipinski definition) is 4. The van der Waals surface area contributed by atoms with Crippen LogP contribution >= 0.6 is 0 Å². The Kier molecular flexibility index (Phi) is 7.97. The number of hydrogen-bond donors (Lipinski definition) is 3. The molecular weight excluding hydrogens is 387 g/mol. The van der Waals surface area contributed by atoms with E-state index in [1.54, 1.807) is 18.2 Å². The van der Waals surface area contributed by atoms with Crippen molar-refractivity contribution in [1.82, 2.24) is 0 Å². The van der Waals surface area contributed by atoms with Crippen LogP contribution in [-0.4, -0.2) is 45.8 Å². The second-order valence-corrected chi connectivity index (χ2v) is 9.63. The number of carboxylic acid groups (broad SMARTS) is 1. The predicted molar refractivity (Wildman–Crippen MR) is 112 cm³/mol. The van der Waals surface area contributed by atoms with Crippen LogP contribution in [0.2, 0.25) is 0 Å². The van der Waals surface area contributed by atoms with Gasteiger partial charge in [0.2, 0.25) is 0 Å². The molecule has 1 heterocycles. The molecule has 30 heavy (non-hydrogen) atoms. The first kappa shape index (κ1) is 23.3. The molecule has 0 aromatic carbocycles. The molecule has 0 aromatic rings. The van der Waals surface area contributed by atoms with E-state index in [-0.39, 0.29) is 23.9 Å². The van der Waals surface area contributed by atoms with E-state index in [0.29, 0.717) is 37.4 Å². The standard InChI is InChI=1S/C24H37FO5/c1-3-4-5-14(2)10-17(26)8-9-18-19(27)13-20-22(18)23(25)21(30-20)12-15-6-7-16(11-15)24(28)29/h8-9,12,14-20,22-23,26-27H,3-7,10-11,13H2,1-2H3,(H,28,29)/b9-8+,21-12-/t14-,15-,16+,17+,18-,19+,20-,22+,23-/m0/s1. The average Bonchev–Trinajstić information content (AvgIpc) is 3.35. The summed E-state index contributed by atoms with van der Waals surface area (Å²) in [6.45, 7) is 4.28. The number of allylic oxidation sites excluding steroid dienone is 2. The molecule has 5 nitrogen and oxygen atoms in total. The minimum absolute atomic E-state index is 0.0310. The number of carbonyl (C=O) groups is 1. The molecule has 2 aliphatic carbocycles. The summed E-state index contributed by atoms with van der Waals surface area (Å²) in [5, 5.41) is 29.9. The summed E-state index contributed by atoms with van der Waals surface area (Å²) >= 11 is 0. The zero-order chi connectivity index (χ0) is 21.8. The minimum Gasteiger partial charge on any atom is -0.491 e. The molecular formula is C24H37FO5. The van der Waals surface area contributed by atoms with Crippen LogP contribution in [0.1, 0.15) is 65.2 Å². The zero-order valence-corrected chi connectivity index (χ0v) is 18.1. The third kappa shape index (κ3) is 5.44. The van der Waals surface area contributed by atoms with Crippen molar-refractivity contribution in [3.05, 3.63) is 24.0 Å². The van der Waals surface area contributed by atoms with Gasteiger partial charge in [-0.25, -0.2) is 4.39 Å². The molecule has 0 aromatic heterocycles. The number of fused-ring (bicyclic) bond motifs is 1. The van der Waals surface area contributed by atoms with Crippen molar-refractivity contribution < 1.29 is 29.2 Å². The van der Waals surface area contributed by atoms with E-state index >= 15 is 4.39 Å². The summed E-state index contributed by atoms with van der Waals surface area (Å²) in [6.07, 6.45) is 8.62. The van der Waals surface area contributed by atoms with E-state index < -0.39 is 30.3 Å². The van der Waals surface area contributed by atoms with Crippen molar-refractivity contribution >= 4 is 5.97 Å². The van der Waals surface area contributed by atoms with Crippen molar-refractivity contribution in [2.24, 2.45) is 29.6 Å². The third-order valence-electron chi connectivity index (χ3n) is 7.16. The van der Waals surface area contributed by atoms with Gasteiger partial charge in [-0.1, -0.05) is 45.3 Å². The molecule has 3 N–H and O–H groups in total. The first-order valence-electron chi connectivity index (χ1n) is 11.6. The fourth-order valence-electron chi connectivity index (χ4n) is 5.43. The zero-order valence-electron chi connectivity index (χ0n) is 18.1. The molecule has 0 amide bonds. The maximum atomic E-state index is 15.2. The second-order valence-electron chi connectivity index (χ2n) is 9.63. The Balaban J connectivity index is 1.59. The first-order chi connectivity index (χ1) is 14.3. The largest absolute Gasteiger partial charge is 0.491 e. The highest BCUT2D eigenvalue weighted by atomic mass is 19.1. The summed E-state index contributed by atoms with van der Waals surface area (Å²) in [7, 11) is 0. The van der Waals surface area contributed by atoms with Crippen molar-refractivity contribution in [2.75, 3.05) is 0 Å². The van der Waals surface area contributed by atoms with Gasteiger partial charge >= 0.3 is 5.97 Å². The molecule has 1 saturated heterocycles. The Labute approximate surface area is 179 Å². The summed E-state index contributed by atoms with van der Waals surface area (Å²) in [5.74, 6) is -1.22. The number of aliphatic carboxylic acids is 1. The monoisotopic (exact) mass is 424 g/mol. The molecule has 0 radical (unpaired) electrons. The summed E-state index contributed by atoms with van der Waals surface area (Å²) in [5.41, 5.74) is 0. The van der Waals surface area contributed by atoms with Crippen LogP contribution in [-0.2, 0) is 9.53 Å². The highest BCUT2D eigenvalue weighted by Crippen LogP contribution is 2.48. The average molecular weight is 425 g/mol. The van der Waals surface area contributed by atoms with Crippen molar-refractivity contribution in [3.63, 3.8) is 0 Å². The second kappa shape index (κ2) is 10.3. The maximum absolute atomic E-state index is 15.2. The van der Waals surface area contributed by atoms with Crippen LogP contribution in [0.4, 0.5) is 4.39 Å². The lowest BCUT2D eigenvalue weighted by Gasteiger charge is -2.19. The third-order valence-corrected chi connectivity index (χ3v) is 7.16. The predicted octanol–water partition coefficient (Wildman–Crippen LogP) is 4.24. The quantitative estimate of drug-likeness (QED) is 0.482. The van der Waals surface area contributed by atoms with E-state index in [1.165, 1.54) is 0 Å². The molecule has 6 heteroatoms. The lowest BCUT2D eigenvalue weighted by molar-refractivity contribution is -0.141. The van der Waals surface area contributed by atoms with Crippen molar-refractivity contribution in [2.45, 2.75) is 89.7 Å². The van der Waals surface area contributed by atoms with Gasteiger partial charge in [0.15, 0.2) is 6.17 Å². The number of aliphatic hydroxyl groups excluding tert-OH is 2. The lowest BCUT2D eigenvalue weighted by atomic mass is 9.88. The number of carboxylic acids is 1. The molecule has 170 valence electrons. The SMILES string of the molecule is CCCC[C@H](C)C[C@H](O)/C=C/[C@@H]1[C@@H]2[C@H](C[C@H]1O)O/C(=C\[C@H]1CC[C@@H](C(=O)O)C1)[C@@H]2F. The van der Waals surface area contributed by atoms with Crippen LogP contribution in [0.25, 0.3) is 0 Å². The van der Waals surface area contributed by atoms with Gasteiger partial charge in [-0.3, -0.25) is 4.79 Å². The molecule has 0 unspecified atom stereocenters. The van der Waals surface area contributed by atoms with E-state index in [4.69, 9.17) is 9.84 Å². The molecule has 3 aliphatic rings. The number of halogens is 1. The fraction of sp³-hybridized carbons (Fsp3) is 0.792. The Morgan fingerprint density at radius 1 is 1.33 bits per heavy atom. The summed E-state index contributed by atoms with van der Waals surface area (Å²) < 4.78 is 21.1.